The van der Waals surface area contributed by atoms with Crippen LogP contribution in [0.1, 0.15) is 49.7 Å². The number of hydrogen-bond donors (Lipinski definition) is 0. The third-order valence-corrected chi connectivity index (χ3v) is 2.60. The van der Waals surface area contributed by atoms with Crippen molar-refractivity contribution in [2.75, 3.05) is 0 Å². The fourth-order valence-corrected chi connectivity index (χ4v) is 1.43. The molecule has 78 valence electrons. The third kappa shape index (κ3) is 2.47. The van der Waals surface area contributed by atoms with Crippen molar-refractivity contribution in [3.63, 3.8) is 0 Å². The molecule has 2 heteroatoms. The summed E-state index contributed by atoms with van der Waals surface area (Å²) >= 11 is 0. The first-order valence-corrected chi connectivity index (χ1v) is 5.13. The molecule has 0 unspecified atom stereocenters. The predicted molar refractivity (Wildman–Crippen MR) is 56.5 cm³/mol. The van der Waals surface area contributed by atoms with Crippen molar-refractivity contribution in [3.05, 3.63) is 23.2 Å². The van der Waals surface area contributed by atoms with Gasteiger partial charge in [0.05, 0.1) is 0 Å². The molecule has 2 nitrogen and oxygen atoms in total. The van der Waals surface area contributed by atoms with E-state index in [2.05, 4.69) is 0 Å². The van der Waals surface area contributed by atoms with Gasteiger partial charge in [0.1, 0.15) is 17.3 Å². The van der Waals surface area contributed by atoms with Crippen LogP contribution in [0.25, 0.3) is 0 Å². The summed E-state index contributed by atoms with van der Waals surface area (Å²) in [5.41, 5.74) is 1.16. The van der Waals surface area contributed by atoms with Crippen LogP contribution in [0.4, 0.5) is 0 Å². The summed E-state index contributed by atoms with van der Waals surface area (Å²) < 4.78 is 5.57. The van der Waals surface area contributed by atoms with Crippen molar-refractivity contribution in [3.8, 4) is 0 Å². The zero-order valence-corrected chi connectivity index (χ0v) is 9.39. The van der Waals surface area contributed by atoms with Crippen LogP contribution >= 0.6 is 0 Å². The van der Waals surface area contributed by atoms with Crippen LogP contribution in [0.2, 0.25) is 0 Å². The van der Waals surface area contributed by atoms with Gasteiger partial charge in [0.15, 0.2) is 0 Å². The van der Waals surface area contributed by atoms with Crippen molar-refractivity contribution < 1.29 is 9.21 Å². The summed E-state index contributed by atoms with van der Waals surface area (Å²) in [5, 5.41) is 0. The number of carbonyl (C=O) groups excluding carboxylic acids is 1. The standard InChI is InChI=1S/C12H18O2/c1-5-11(13)6-9(3)12-7-8(2)10(4)14-12/h7,9H,5-6H2,1-4H3/t9-/m0/s1. The molecule has 0 radical (unpaired) electrons. The van der Waals surface area contributed by atoms with E-state index < -0.39 is 0 Å². The summed E-state index contributed by atoms with van der Waals surface area (Å²) in [5.74, 6) is 2.39. The van der Waals surface area contributed by atoms with E-state index in [1.165, 1.54) is 0 Å². The Morgan fingerprint density at radius 3 is 2.57 bits per heavy atom. The maximum absolute atomic E-state index is 11.2. The van der Waals surface area contributed by atoms with Crippen LogP contribution in [0.5, 0.6) is 0 Å². The second-order valence-electron chi connectivity index (χ2n) is 3.89. The lowest BCUT2D eigenvalue weighted by atomic mass is 10.0. The van der Waals surface area contributed by atoms with Crippen molar-refractivity contribution in [2.45, 2.75) is 46.5 Å². The van der Waals surface area contributed by atoms with E-state index in [-0.39, 0.29) is 5.92 Å². The highest BCUT2D eigenvalue weighted by atomic mass is 16.3. The maximum Gasteiger partial charge on any atom is 0.133 e. The van der Waals surface area contributed by atoms with Crippen LogP contribution in [0.15, 0.2) is 10.5 Å². The van der Waals surface area contributed by atoms with Crippen molar-refractivity contribution in [1.82, 2.24) is 0 Å². The van der Waals surface area contributed by atoms with Gasteiger partial charge >= 0.3 is 0 Å². The molecule has 0 fully saturated rings. The highest BCUT2D eigenvalue weighted by molar-refractivity contribution is 5.78. The number of furan rings is 1. The van der Waals surface area contributed by atoms with E-state index in [9.17, 15) is 4.79 Å². The van der Waals surface area contributed by atoms with Crippen LogP contribution < -0.4 is 0 Å². The Morgan fingerprint density at radius 2 is 2.14 bits per heavy atom. The molecule has 0 saturated carbocycles. The monoisotopic (exact) mass is 194 g/mol. The smallest absolute Gasteiger partial charge is 0.133 e. The fraction of sp³-hybridized carbons (Fsp3) is 0.583. The summed E-state index contributed by atoms with van der Waals surface area (Å²) in [7, 11) is 0. The molecular weight excluding hydrogens is 176 g/mol. The molecule has 0 bridgehead atoms. The third-order valence-electron chi connectivity index (χ3n) is 2.60. The minimum absolute atomic E-state index is 0.204. The summed E-state index contributed by atoms with van der Waals surface area (Å²) in [6.45, 7) is 7.91. The van der Waals surface area contributed by atoms with Crippen molar-refractivity contribution in [2.24, 2.45) is 0 Å². The molecule has 1 aromatic heterocycles. The zero-order chi connectivity index (χ0) is 10.7. The lowest BCUT2D eigenvalue weighted by Gasteiger charge is -2.05. The molecule has 14 heavy (non-hydrogen) atoms. The first-order valence-electron chi connectivity index (χ1n) is 5.13. The fourth-order valence-electron chi connectivity index (χ4n) is 1.43. The number of rotatable bonds is 4. The first kappa shape index (κ1) is 11.0. The highest BCUT2D eigenvalue weighted by Gasteiger charge is 2.14. The normalized spacial score (nSPS) is 12.9. The van der Waals surface area contributed by atoms with E-state index in [0.29, 0.717) is 18.6 Å². The molecule has 0 aromatic carbocycles. The van der Waals surface area contributed by atoms with Crippen LogP contribution in [-0.2, 0) is 4.79 Å². The average molecular weight is 194 g/mol. The second-order valence-corrected chi connectivity index (χ2v) is 3.89. The van der Waals surface area contributed by atoms with Crippen LogP contribution in [-0.4, -0.2) is 5.78 Å². The lowest BCUT2D eigenvalue weighted by molar-refractivity contribution is -0.119. The minimum atomic E-state index is 0.204. The van der Waals surface area contributed by atoms with Gasteiger partial charge in [0.2, 0.25) is 0 Å². The maximum atomic E-state index is 11.2. The highest BCUT2D eigenvalue weighted by Crippen LogP contribution is 2.24. The number of ketones is 1. The summed E-state index contributed by atoms with van der Waals surface area (Å²) in [6, 6.07) is 2.03. The quantitative estimate of drug-likeness (QED) is 0.735. The van der Waals surface area contributed by atoms with Gasteiger partial charge < -0.3 is 4.42 Å². The van der Waals surface area contributed by atoms with Gasteiger partial charge in [-0.05, 0) is 25.5 Å². The van der Waals surface area contributed by atoms with E-state index in [1.54, 1.807) is 0 Å². The van der Waals surface area contributed by atoms with Gasteiger partial charge in [-0.15, -0.1) is 0 Å². The number of aryl methyl sites for hydroxylation is 2. The molecule has 0 saturated heterocycles. The zero-order valence-electron chi connectivity index (χ0n) is 9.39. The van der Waals surface area contributed by atoms with E-state index >= 15 is 0 Å². The van der Waals surface area contributed by atoms with Crippen LogP contribution in [0.3, 0.4) is 0 Å². The van der Waals surface area contributed by atoms with Gasteiger partial charge in [-0.3, -0.25) is 4.79 Å². The Balaban J connectivity index is 2.69. The lowest BCUT2D eigenvalue weighted by Crippen LogP contribution is -2.01. The van der Waals surface area contributed by atoms with Gasteiger partial charge in [-0.1, -0.05) is 13.8 Å². The molecule has 1 atom stereocenters. The Bertz CT molecular complexity index is 304. The van der Waals surface area contributed by atoms with E-state index in [1.807, 2.05) is 33.8 Å². The first-order chi connectivity index (χ1) is 6.54. The van der Waals surface area contributed by atoms with E-state index in [4.69, 9.17) is 4.42 Å². The molecule has 0 aliphatic carbocycles. The number of hydrogen-bond acceptors (Lipinski definition) is 2. The SMILES string of the molecule is CCC(=O)C[C@H](C)c1cc(C)c(C)o1. The molecule has 1 heterocycles. The Hall–Kier alpha value is -1.05. The molecule has 0 spiro atoms. The molecule has 0 aliphatic rings. The van der Waals surface area contributed by atoms with E-state index in [0.717, 1.165) is 17.1 Å². The van der Waals surface area contributed by atoms with Gasteiger partial charge in [0.25, 0.3) is 0 Å². The minimum Gasteiger partial charge on any atom is -0.466 e. The number of Topliss-reactive ketones (excluding diaryl/α,β-unsaturated/α-hetero) is 1. The Kier molecular flexibility index (Phi) is 3.50. The topological polar surface area (TPSA) is 30.2 Å². The average Bonchev–Trinajstić information content (AvgIpc) is 2.47. The number of carbonyl (C=O) groups is 1. The van der Waals surface area contributed by atoms with Gasteiger partial charge in [-0.2, -0.15) is 0 Å². The second kappa shape index (κ2) is 4.45. The largest absolute Gasteiger partial charge is 0.466 e. The molecule has 1 rings (SSSR count). The van der Waals surface area contributed by atoms with Gasteiger partial charge in [0, 0.05) is 18.8 Å². The molecule has 0 amide bonds. The Morgan fingerprint density at radius 1 is 1.50 bits per heavy atom. The molecule has 0 aliphatic heterocycles. The summed E-state index contributed by atoms with van der Waals surface area (Å²) in [4.78, 5) is 11.2. The summed E-state index contributed by atoms with van der Waals surface area (Å²) in [6.07, 6.45) is 1.20. The molecule has 1 aromatic rings. The Labute approximate surface area is 85.3 Å². The van der Waals surface area contributed by atoms with Crippen LogP contribution in [0, 0.1) is 13.8 Å². The molecule has 0 N–H and O–H groups in total. The van der Waals surface area contributed by atoms with Crippen molar-refractivity contribution in [1.29, 1.82) is 0 Å². The molecular formula is C12H18O2. The van der Waals surface area contributed by atoms with Gasteiger partial charge in [-0.25, -0.2) is 0 Å². The predicted octanol–water partition coefficient (Wildman–Crippen LogP) is 3.37. The van der Waals surface area contributed by atoms with Crippen molar-refractivity contribution >= 4 is 5.78 Å².